The number of aliphatic hydroxyl groups excluding tert-OH is 1. The van der Waals surface area contributed by atoms with Crippen molar-refractivity contribution in [2.75, 3.05) is 33.2 Å². The molecule has 0 spiro atoms. The molecule has 1 aromatic carbocycles. The summed E-state index contributed by atoms with van der Waals surface area (Å²) in [7, 11) is 2.05. The predicted molar refractivity (Wildman–Crippen MR) is 86.8 cm³/mol. The molecular formula is C17H20N4O2. The maximum Gasteiger partial charge on any atom is 0.274 e. The van der Waals surface area contributed by atoms with Crippen molar-refractivity contribution in [2.45, 2.75) is 6.61 Å². The van der Waals surface area contributed by atoms with Crippen LogP contribution in [0.3, 0.4) is 0 Å². The van der Waals surface area contributed by atoms with E-state index >= 15 is 0 Å². The number of likely N-dealkylation sites (N-methyl/N-ethyl adjacent to an activating group) is 1. The molecule has 0 bridgehead atoms. The lowest BCUT2D eigenvalue weighted by atomic mass is 10.1. The normalized spacial score (nSPS) is 15.7. The number of aliphatic hydroxyl groups is 1. The smallest absolute Gasteiger partial charge is 0.274 e. The van der Waals surface area contributed by atoms with E-state index in [1.54, 1.807) is 6.20 Å². The second kappa shape index (κ2) is 6.85. The van der Waals surface area contributed by atoms with Gasteiger partial charge in [0.05, 0.1) is 24.7 Å². The Morgan fingerprint density at radius 2 is 1.83 bits per heavy atom. The minimum atomic E-state index is -0.0700. The van der Waals surface area contributed by atoms with E-state index in [-0.39, 0.29) is 12.5 Å². The first-order valence-electron chi connectivity index (χ1n) is 7.67. The third kappa shape index (κ3) is 3.55. The summed E-state index contributed by atoms with van der Waals surface area (Å²) in [4.78, 5) is 25.2. The molecule has 0 unspecified atom stereocenters. The van der Waals surface area contributed by atoms with E-state index < -0.39 is 0 Å². The zero-order chi connectivity index (χ0) is 16.2. The standard InChI is InChI=1S/C17H20N4O2/c1-20-6-8-21(9-7-20)17(23)16-11-18-10-15(19-16)14-4-2-13(12-22)3-5-14/h2-5,10-11,22H,6-9,12H2,1H3. The van der Waals surface area contributed by atoms with Gasteiger partial charge in [0, 0.05) is 31.7 Å². The summed E-state index contributed by atoms with van der Waals surface area (Å²) in [6.07, 6.45) is 3.17. The number of aromatic nitrogens is 2. The number of piperazine rings is 1. The van der Waals surface area contributed by atoms with Crippen molar-refractivity contribution in [3.8, 4) is 11.3 Å². The summed E-state index contributed by atoms with van der Waals surface area (Å²) in [6.45, 7) is 3.19. The molecule has 0 aliphatic carbocycles. The van der Waals surface area contributed by atoms with Gasteiger partial charge in [-0.2, -0.15) is 0 Å². The van der Waals surface area contributed by atoms with Gasteiger partial charge in [0.1, 0.15) is 5.69 Å². The lowest BCUT2D eigenvalue weighted by Crippen LogP contribution is -2.47. The Balaban J connectivity index is 1.80. The SMILES string of the molecule is CN1CCN(C(=O)c2cncc(-c3ccc(CO)cc3)n2)CC1. The van der Waals surface area contributed by atoms with Gasteiger partial charge in [0.2, 0.25) is 0 Å². The highest BCUT2D eigenvalue weighted by atomic mass is 16.3. The Morgan fingerprint density at radius 1 is 1.13 bits per heavy atom. The maximum atomic E-state index is 12.6. The molecule has 3 rings (SSSR count). The molecule has 1 saturated heterocycles. The Hall–Kier alpha value is -2.31. The molecule has 6 heteroatoms. The van der Waals surface area contributed by atoms with E-state index in [4.69, 9.17) is 5.11 Å². The summed E-state index contributed by atoms with van der Waals surface area (Å²) in [5.41, 5.74) is 2.75. The van der Waals surface area contributed by atoms with Crippen molar-refractivity contribution in [1.82, 2.24) is 19.8 Å². The molecule has 1 aliphatic heterocycles. The van der Waals surface area contributed by atoms with E-state index in [0.717, 1.165) is 24.2 Å². The van der Waals surface area contributed by atoms with Gasteiger partial charge in [-0.25, -0.2) is 4.98 Å². The van der Waals surface area contributed by atoms with Gasteiger partial charge in [0.15, 0.2) is 0 Å². The molecule has 6 nitrogen and oxygen atoms in total. The monoisotopic (exact) mass is 312 g/mol. The molecule has 0 saturated carbocycles. The van der Waals surface area contributed by atoms with E-state index in [0.29, 0.717) is 24.5 Å². The fourth-order valence-corrected chi connectivity index (χ4v) is 2.56. The third-order valence-corrected chi connectivity index (χ3v) is 4.08. The molecule has 120 valence electrons. The highest BCUT2D eigenvalue weighted by Gasteiger charge is 2.21. The van der Waals surface area contributed by atoms with Gasteiger partial charge in [-0.05, 0) is 12.6 Å². The molecule has 0 atom stereocenters. The quantitative estimate of drug-likeness (QED) is 0.916. The third-order valence-electron chi connectivity index (χ3n) is 4.08. The van der Waals surface area contributed by atoms with Gasteiger partial charge >= 0.3 is 0 Å². The molecule has 1 N–H and O–H groups in total. The average molecular weight is 312 g/mol. The summed E-state index contributed by atoms with van der Waals surface area (Å²) < 4.78 is 0. The number of amides is 1. The molecule has 23 heavy (non-hydrogen) atoms. The van der Waals surface area contributed by atoms with Crippen LogP contribution in [-0.2, 0) is 6.61 Å². The number of hydrogen-bond donors (Lipinski definition) is 1. The van der Waals surface area contributed by atoms with Crippen LogP contribution in [0.4, 0.5) is 0 Å². The van der Waals surface area contributed by atoms with Crippen molar-refractivity contribution in [2.24, 2.45) is 0 Å². The summed E-state index contributed by atoms with van der Waals surface area (Å²) in [6, 6.07) is 7.43. The number of benzene rings is 1. The topological polar surface area (TPSA) is 69.6 Å². The maximum absolute atomic E-state index is 12.6. The first-order valence-corrected chi connectivity index (χ1v) is 7.67. The van der Waals surface area contributed by atoms with E-state index in [9.17, 15) is 4.79 Å². The van der Waals surface area contributed by atoms with Gasteiger partial charge in [-0.3, -0.25) is 9.78 Å². The minimum absolute atomic E-state index is 0.00783. The number of nitrogens with zero attached hydrogens (tertiary/aromatic N) is 4. The first-order chi connectivity index (χ1) is 11.2. The molecule has 1 aliphatic rings. The van der Waals surface area contributed by atoms with Crippen LogP contribution in [0.15, 0.2) is 36.7 Å². The summed E-state index contributed by atoms with van der Waals surface area (Å²) in [5.74, 6) is -0.0700. The van der Waals surface area contributed by atoms with Gasteiger partial charge in [0.25, 0.3) is 5.91 Å². The Bertz CT molecular complexity index is 679. The van der Waals surface area contributed by atoms with Crippen LogP contribution < -0.4 is 0 Å². The van der Waals surface area contributed by atoms with Crippen molar-refractivity contribution < 1.29 is 9.90 Å². The Labute approximate surface area is 135 Å². The molecular weight excluding hydrogens is 292 g/mol. The number of rotatable bonds is 3. The molecule has 2 heterocycles. The van der Waals surface area contributed by atoms with Crippen LogP contribution >= 0.6 is 0 Å². The highest BCUT2D eigenvalue weighted by Crippen LogP contribution is 2.18. The van der Waals surface area contributed by atoms with Crippen LogP contribution in [-0.4, -0.2) is 64.0 Å². The number of carbonyl (C=O) groups is 1. The summed E-state index contributed by atoms with van der Waals surface area (Å²) in [5, 5.41) is 9.10. The zero-order valence-electron chi connectivity index (χ0n) is 13.1. The van der Waals surface area contributed by atoms with Crippen molar-refractivity contribution >= 4 is 5.91 Å². The minimum Gasteiger partial charge on any atom is -0.392 e. The molecule has 2 aromatic rings. The molecule has 1 aromatic heterocycles. The zero-order valence-corrected chi connectivity index (χ0v) is 13.1. The molecule has 0 radical (unpaired) electrons. The van der Waals surface area contributed by atoms with Gasteiger partial charge in [-0.1, -0.05) is 24.3 Å². The van der Waals surface area contributed by atoms with Gasteiger partial charge < -0.3 is 14.9 Å². The van der Waals surface area contributed by atoms with Crippen LogP contribution in [0.25, 0.3) is 11.3 Å². The lowest BCUT2D eigenvalue weighted by molar-refractivity contribution is 0.0658. The predicted octanol–water partition coefficient (Wildman–Crippen LogP) is 1.02. The van der Waals surface area contributed by atoms with Crippen LogP contribution in [0, 0.1) is 0 Å². The van der Waals surface area contributed by atoms with E-state index in [1.807, 2.05) is 29.2 Å². The van der Waals surface area contributed by atoms with Crippen molar-refractivity contribution in [1.29, 1.82) is 0 Å². The van der Waals surface area contributed by atoms with Gasteiger partial charge in [-0.15, -0.1) is 0 Å². The van der Waals surface area contributed by atoms with Crippen LogP contribution in [0.5, 0.6) is 0 Å². The largest absolute Gasteiger partial charge is 0.392 e. The van der Waals surface area contributed by atoms with Crippen molar-refractivity contribution in [3.63, 3.8) is 0 Å². The fourth-order valence-electron chi connectivity index (χ4n) is 2.56. The Kier molecular flexibility index (Phi) is 4.64. The second-order valence-corrected chi connectivity index (χ2v) is 5.74. The second-order valence-electron chi connectivity index (χ2n) is 5.74. The average Bonchev–Trinajstić information content (AvgIpc) is 2.62. The van der Waals surface area contributed by atoms with Crippen LogP contribution in [0.2, 0.25) is 0 Å². The molecule has 1 fully saturated rings. The number of hydrogen-bond acceptors (Lipinski definition) is 5. The first kappa shape index (κ1) is 15.6. The summed E-state index contributed by atoms with van der Waals surface area (Å²) >= 11 is 0. The van der Waals surface area contributed by atoms with E-state index in [1.165, 1.54) is 6.20 Å². The fraction of sp³-hybridized carbons (Fsp3) is 0.353. The van der Waals surface area contributed by atoms with Crippen molar-refractivity contribution in [3.05, 3.63) is 47.9 Å². The lowest BCUT2D eigenvalue weighted by Gasteiger charge is -2.32. The van der Waals surface area contributed by atoms with Crippen LogP contribution in [0.1, 0.15) is 16.1 Å². The molecule has 1 amide bonds. The van der Waals surface area contributed by atoms with E-state index in [2.05, 4.69) is 21.9 Å². The number of carbonyl (C=O) groups excluding carboxylic acids is 1. The highest BCUT2D eigenvalue weighted by molar-refractivity contribution is 5.92. The Morgan fingerprint density at radius 3 is 2.48 bits per heavy atom.